The van der Waals surface area contributed by atoms with E-state index < -0.39 is 0 Å². The zero-order valence-electron chi connectivity index (χ0n) is 18.2. The molecular weight excluding hydrogens is 316 g/mol. The van der Waals surface area contributed by atoms with E-state index in [0.717, 1.165) is 0 Å². The van der Waals surface area contributed by atoms with E-state index in [1.807, 2.05) is 0 Å². The van der Waals surface area contributed by atoms with Gasteiger partial charge in [0.2, 0.25) is 0 Å². The minimum Gasteiger partial charge on any atom is -0.314 e. The first-order valence-electron chi connectivity index (χ1n) is 12.4. The third kappa shape index (κ3) is 16.1. The van der Waals surface area contributed by atoms with E-state index in [-0.39, 0.29) is 0 Å². The summed E-state index contributed by atoms with van der Waals surface area (Å²) in [5.41, 5.74) is 0. The number of piperazine rings is 1. The highest BCUT2D eigenvalue weighted by atomic mass is 15.2. The van der Waals surface area contributed by atoms with Crippen LogP contribution in [0.15, 0.2) is 0 Å². The molecule has 0 unspecified atom stereocenters. The maximum atomic E-state index is 3.43. The second-order valence-corrected chi connectivity index (χ2v) is 8.60. The lowest BCUT2D eigenvalue weighted by atomic mass is 10.0. The number of nitrogens with zero attached hydrogens (tertiary/aromatic N) is 1. The van der Waals surface area contributed by atoms with Gasteiger partial charge in [0.1, 0.15) is 0 Å². The Morgan fingerprint density at radius 3 is 1.23 bits per heavy atom. The molecule has 0 aromatic heterocycles. The molecule has 1 N–H and O–H groups in total. The molecule has 0 atom stereocenters. The predicted molar refractivity (Wildman–Crippen MR) is 118 cm³/mol. The van der Waals surface area contributed by atoms with Gasteiger partial charge in [-0.1, -0.05) is 116 Å². The summed E-state index contributed by atoms with van der Waals surface area (Å²) in [5.74, 6) is 0. The van der Waals surface area contributed by atoms with Gasteiger partial charge in [0, 0.05) is 26.2 Å². The molecule has 0 spiro atoms. The molecule has 0 aliphatic carbocycles. The lowest BCUT2D eigenvalue weighted by Crippen LogP contribution is -2.43. The molecule has 1 fully saturated rings. The van der Waals surface area contributed by atoms with Crippen LogP contribution in [0.3, 0.4) is 0 Å². The third-order valence-electron chi connectivity index (χ3n) is 6.04. The molecule has 156 valence electrons. The molecule has 0 bridgehead atoms. The van der Waals surface area contributed by atoms with Gasteiger partial charge < -0.3 is 10.2 Å². The summed E-state index contributed by atoms with van der Waals surface area (Å²) in [6, 6.07) is 0. The van der Waals surface area contributed by atoms with Crippen molar-refractivity contribution in [3.8, 4) is 0 Å². The maximum absolute atomic E-state index is 3.43. The largest absolute Gasteiger partial charge is 0.314 e. The monoisotopic (exact) mass is 366 g/mol. The van der Waals surface area contributed by atoms with Crippen molar-refractivity contribution in [1.82, 2.24) is 10.2 Å². The first kappa shape index (κ1) is 24.0. The molecule has 1 saturated heterocycles. The second-order valence-electron chi connectivity index (χ2n) is 8.60. The first-order valence-corrected chi connectivity index (χ1v) is 12.4. The van der Waals surface area contributed by atoms with Crippen LogP contribution in [0.4, 0.5) is 0 Å². The Morgan fingerprint density at radius 2 is 0.846 bits per heavy atom. The summed E-state index contributed by atoms with van der Waals surface area (Å²) in [5, 5.41) is 3.43. The van der Waals surface area contributed by atoms with Crippen molar-refractivity contribution in [3.05, 3.63) is 0 Å². The van der Waals surface area contributed by atoms with Crippen molar-refractivity contribution in [3.63, 3.8) is 0 Å². The highest BCUT2D eigenvalue weighted by Gasteiger charge is 2.07. The Bertz CT molecular complexity index is 261. The highest BCUT2D eigenvalue weighted by molar-refractivity contribution is 4.67. The molecule has 2 heteroatoms. The van der Waals surface area contributed by atoms with Gasteiger partial charge in [0.05, 0.1) is 0 Å². The molecule has 26 heavy (non-hydrogen) atoms. The smallest absolute Gasteiger partial charge is 0.0107 e. The normalized spacial score (nSPS) is 15.6. The summed E-state index contributed by atoms with van der Waals surface area (Å²) < 4.78 is 0. The number of hydrogen-bond acceptors (Lipinski definition) is 2. The molecular formula is C24H50N2. The molecule has 0 aromatic rings. The van der Waals surface area contributed by atoms with Crippen molar-refractivity contribution in [2.45, 2.75) is 122 Å². The molecule has 0 radical (unpaired) electrons. The van der Waals surface area contributed by atoms with Crippen LogP contribution in [-0.4, -0.2) is 37.6 Å². The van der Waals surface area contributed by atoms with Gasteiger partial charge in [-0.3, -0.25) is 0 Å². The number of hydrogen-bond donors (Lipinski definition) is 1. The standard InChI is InChI=1S/C24H50N2/c1-2-3-4-5-6-7-8-9-10-11-12-13-14-15-16-17-18-19-22-26-23-20-25-21-24-26/h25H,2-24H2,1H3. The highest BCUT2D eigenvalue weighted by Crippen LogP contribution is 2.14. The summed E-state index contributed by atoms with van der Waals surface area (Å²) in [6.07, 6.45) is 26.4. The average Bonchev–Trinajstić information content (AvgIpc) is 2.68. The molecule has 1 rings (SSSR count). The lowest BCUT2D eigenvalue weighted by molar-refractivity contribution is 0.236. The Labute approximate surface area is 165 Å². The van der Waals surface area contributed by atoms with Crippen LogP contribution in [0.1, 0.15) is 122 Å². The van der Waals surface area contributed by atoms with Crippen LogP contribution >= 0.6 is 0 Å². The molecule has 0 aromatic carbocycles. The van der Waals surface area contributed by atoms with Crippen molar-refractivity contribution in [2.24, 2.45) is 0 Å². The zero-order chi connectivity index (χ0) is 18.5. The topological polar surface area (TPSA) is 15.3 Å². The number of nitrogens with one attached hydrogen (secondary N) is 1. The number of rotatable bonds is 19. The van der Waals surface area contributed by atoms with Crippen molar-refractivity contribution >= 4 is 0 Å². The van der Waals surface area contributed by atoms with E-state index in [4.69, 9.17) is 0 Å². The fraction of sp³-hybridized carbons (Fsp3) is 1.00. The number of unbranched alkanes of at least 4 members (excludes halogenated alkanes) is 17. The zero-order valence-corrected chi connectivity index (χ0v) is 18.2. The van der Waals surface area contributed by atoms with Crippen LogP contribution in [0.25, 0.3) is 0 Å². The summed E-state index contributed by atoms with van der Waals surface area (Å²) in [7, 11) is 0. The van der Waals surface area contributed by atoms with E-state index in [1.165, 1.54) is 148 Å². The van der Waals surface area contributed by atoms with Gasteiger partial charge in [0.15, 0.2) is 0 Å². The Balaban J connectivity index is 1.65. The first-order chi connectivity index (χ1) is 12.9. The minimum absolute atomic E-state index is 1.19. The Kier molecular flexibility index (Phi) is 18.1. The van der Waals surface area contributed by atoms with Crippen LogP contribution < -0.4 is 5.32 Å². The van der Waals surface area contributed by atoms with Crippen LogP contribution in [-0.2, 0) is 0 Å². The summed E-state index contributed by atoms with van der Waals surface area (Å²) in [6.45, 7) is 8.55. The van der Waals surface area contributed by atoms with Gasteiger partial charge in [-0.2, -0.15) is 0 Å². The molecule has 0 amide bonds. The SMILES string of the molecule is CCCCCCCCCCCCCCCCCCCCN1CCNCC1. The quantitative estimate of drug-likeness (QED) is 0.249. The van der Waals surface area contributed by atoms with E-state index in [0.29, 0.717) is 0 Å². The molecule has 1 aliphatic rings. The van der Waals surface area contributed by atoms with Gasteiger partial charge in [0.25, 0.3) is 0 Å². The van der Waals surface area contributed by atoms with Crippen LogP contribution in [0, 0.1) is 0 Å². The molecule has 1 heterocycles. The van der Waals surface area contributed by atoms with E-state index in [9.17, 15) is 0 Å². The Hall–Kier alpha value is -0.0800. The summed E-state index contributed by atoms with van der Waals surface area (Å²) >= 11 is 0. The van der Waals surface area contributed by atoms with Crippen molar-refractivity contribution < 1.29 is 0 Å². The van der Waals surface area contributed by atoms with E-state index in [2.05, 4.69) is 17.1 Å². The van der Waals surface area contributed by atoms with E-state index >= 15 is 0 Å². The Morgan fingerprint density at radius 1 is 0.500 bits per heavy atom. The maximum Gasteiger partial charge on any atom is 0.0107 e. The minimum atomic E-state index is 1.19. The van der Waals surface area contributed by atoms with Gasteiger partial charge in [-0.15, -0.1) is 0 Å². The fourth-order valence-corrected chi connectivity index (χ4v) is 4.17. The van der Waals surface area contributed by atoms with Gasteiger partial charge >= 0.3 is 0 Å². The molecule has 1 aliphatic heterocycles. The van der Waals surface area contributed by atoms with Gasteiger partial charge in [-0.25, -0.2) is 0 Å². The lowest BCUT2D eigenvalue weighted by Gasteiger charge is -2.27. The second kappa shape index (κ2) is 19.7. The van der Waals surface area contributed by atoms with Crippen LogP contribution in [0.5, 0.6) is 0 Å². The molecule has 2 nitrogen and oxygen atoms in total. The molecule has 0 saturated carbocycles. The van der Waals surface area contributed by atoms with Crippen LogP contribution in [0.2, 0.25) is 0 Å². The summed E-state index contributed by atoms with van der Waals surface area (Å²) in [4.78, 5) is 2.63. The third-order valence-corrected chi connectivity index (χ3v) is 6.04. The average molecular weight is 367 g/mol. The fourth-order valence-electron chi connectivity index (χ4n) is 4.17. The van der Waals surface area contributed by atoms with Crippen molar-refractivity contribution in [2.75, 3.05) is 32.7 Å². The van der Waals surface area contributed by atoms with E-state index in [1.54, 1.807) is 0 Å². The predicted octanol–water partition coefficient (Wildman–Crippen LogP) is 6.93. The van der Waals surface area contributed by atoms with Crippen molar-refractivity contribution in [1.29, 1.82) is 0 Å². The van der Waals surface area contributed by atoms with Gasteiger partial charge in [-0.05, 0) is 13.0 Å².